The molecular weight excluding hydrogens is 711 g/mol. The summed E-state index contributed by atoms with van der Waals surface area (Å²) in [6.45, 7) is 0. The lowest BCUT2D eigenvalue weighted by molar-refractivity contribution is 0.669. The maximum absolute atomic E-state index is 6.43. The topological polar surface area (TPSA) is 16.4 Å². The lowest BCUT2D eigenvalue weighted by Gasteiger charge is -2.27. The Balaban J connectivity index is 1.12. The SMILES string of the molecule is c1ccc(-c2ccccc2-c2ccc(N(c3ccc(-c4ccccc4)c(-c4ccc5c(c4)oc4ccccc45)c3)c3cccc4c3sc3ccccc34)cc2)cc1. The first-order valence-corrected chi connectivity index (χ1v) is 20.1. The Hall–Kier alpha value is -7.20. The van der Waals surface area contributed by atoms with Crippen LogP contribution in [-0.4, -0.2) is 0 Å². The minimum absolute atomic E-state index is 0.886. The molecule has 0 bridgehead atoms. The number of benzene rings is 9. The van der Waals surface area contributed by atoms with Crippen molar-refractivity contribution in [3.63, 3.8) is 0 Å². The second-order valence-electron chi connectivity index (χ2n) is 14.5. The highest BCUT2D eigenvalue weighted by Gasteiger charge is 2.21. The van der Waals surface area contributed by atoms with E-state index in [1.54, 1.807) is 0 Å². The van der Waals surface area contributed by atoms with Gasteiger partial charge in [0.05, 0.1) is 10.4 Å². The number of fused-ring (bicyclic) bond motifs is 6. The van der Waals surface area contributed by atoms with Crippen LogP contribution in [0.3, 0.4) is 0 Å². The minimum atomic E-state index is 0.886. The summed E-state index contributed by atoms with van der Waals surface area (Å²) in [6, 6.07) is 76.4. The Bertz CT molecular complexity index is 3230. The predicted molar refractivity (Wildman–Crippen MR) is 243 cm³/mol. The summed E-state index contributed by atoms with van der Waals surface area (Å²) < 4.78 is 8.97. The summed E-state index contributed by atoms with van der Waals surface area (Å²) in [5.74, 6) is 0. The zero-order chi connectivity index (χ0) is 37.7. The average Bonchev–Trinajstić information content (AvgIpc) is 3.86. The molecule has 0 saturated heterocycles. The molecule has 0 unspecified atom stereocenters. The molecule has 0 saturated carbocycles. The average molecular weight is 746 g/mol. The fraction of sp³-hybridized carbons (Fsp3) is 0. The van der Waals surface area contributed by atoms with Crippen molar-refractivity contribution >= 4 is 70.5 Å². The highest BCUT2D eigenvalue weighted by Crippen LogP contribution is 2.47. The summed E-state index contributed by atoms with van der Waals surface area (Å²) >= 11 is 1.86. The van der Waals surface area contributed by atoms with Gasteiger partial charge in [-0.2, -0.15) is 0 Å². The predicted octanol–water partition coefficient (Wildman–Crippen LogP) is 16.1. The van der Waals surface area contributed by atoms with Crippen LogP contribution in [-0.2, 0) is 0 Å². The molecule has 11 rings (SSSR count). The van der Waals surface area contributed by atoms with Gasteiger partial charge in [-0.1, -0.05) is 158 Å². The van der Waals surface area contributed by atoms with E-state index in [9.17, 15) is 0 Å². The quantitative estimate of drug-likeness (QED) is 0.162. The maximum atomic E-state index is 6.43. The normalized spacial score (nSPS) is 11.5. The number of rotatable bonds is 7. The standard InChI is InChI=1S/C54H35NOS/c1-3-14-36(15-4-1)42-18-7-8-19-43(42)38-26-29-40(30-27-38)55(50-23-13-22-48-47-21-10-12-25-53(47)57-54(48)50)41-31-33-44(37-16-5-2-6-17-37)49(35-41)39-28-32-46-45-20-9-11-24-51(45)56-52(46)34-39/h1-35H. The first kappa shape index (κ1) is 33.2. The zero-order valence-corrected chi connectivity index (χ0v) is 31.8. The number of anilines is 3. The van der Waals surface area contributed by atoms with Gasteiger partial charge in [0, 0.05) is 37.6 Å². The molecule has 2 nitrogen and oxygen atoms in total. The summed E-state index contributed by atoms with van der Waals surface area (Å²) in [6.07, 6.45) is 0. The van der Waals surface area contributed by atoms with E-state index in [0.717, 1.165) is 50.1 Å². The van der Waals surface area contributed by atoms with Crippen LogP contribution in [0.25, 0.3) is 86.6 Å². The minimum Gasteiger partial charge on any atom is -0.456 e. The van der Waals surface area contributed by atoms with Crippen LogP contribution in [0.5, 0.6) is 0 Å². The van der Waals surface area contributed by atoms with E-state index in [0.29, 0.717) is 0 Å². The van der Waals surface area contributed by atoms with Gasteiger partial charge >= 0.3 is 0 Å². The molecule has 11 aromatic rings. The summed E-state index contributed by atoms with van der Waals surface area (Å²) in [5.41, 5.74) is 14.5. The molecule has 0 atom stereocenters. The molecule has 0 aliphatic rings. The van der Waals surface area contributed by atoms with Gasteiger partial charge < -0.3 is 9.32 Å². The summed E-state index contributed by atoms with van der Waals surface area (Å²) in [5, 5.41) is 4.81. The molecule has 0 amide bonds. The third-order valence-electron chi connectivity index (χ3n) is 11.1. The second-order valence-corrected chi connectivity index (χ2v) is 15.5. The molecule has 0 aliphatic carbocycles. The molecule has 0 aliphatic heterocycles. The molecule has 2 heterocycles. The van der Waals surface area contributed by atoms with Crippen molar-refractivity contribution in [1.29, 1.82) is 0 Å². The fourth-order valence-electron chi connectivity index (χ4n) is 8.40. The van der Waals surface area contributed by atoms with Crippen molar-refractivity contribution in [3.8, 4) is 44.5 Å². The van der Waals surface area contributed by atoms with E-state index >= 15 is 0 Å². The lowest BCUT2D eigenvalue weighted by Crippen LogP contribution is -2.10. The number of nitrogens with zero attached hydrogens (tertiary/aromatic N) is 1. The van der Waals surface area contributed by atoms with Gasteiger partial charge in [-0.3, -0.25) is 0 Å². The van der Waals surface area contributed by atoms with Gasteiger partial charge in [0.2, 0.25) is 0 Å². The third-order valence-corrected chi connectivity index (χ3v) is 12.3. The fourth-order valence-corrected chi connectivity index (χ4v) is 9.61. The maximum Gasteiger partial charge on any atom is 0.136 e. The van der Waals surface area contributed by atoms with Crippen LogP contribution in [0.1, 0.15) is 0 Å². The molecule has 9 aromatic carbocycles. The molecule has 0 fully saturated rings. The smallest absolute Gasteiger partial charge is 0.136 e. The summed E-state index contributed by atoms with van der Waals surface area (Å²) in [4.78, 5) is 2.43. The van der Waals surface area contributed by atoms with Crippen LogP contribution in [0.15, 0.2) is 217 Å². The number of hydrogen-bond donors (Lipinski definition) is 0. The number of hydrogen-bond acceptors (Lipinski definition) is 3. The van der Waals surface area contributed by atoms with Gasteiger partial charge in [0.25, 0.3) is 0 Å². The van der Waals surface area contributed by atoms with Crippen molar-refractivity contribution in [2.45, 2.75) is 0 Å². The van der Waals surface area contributed by atoms with Crippen molar-refractivity contribution in [3.05, 3.63) is 212 Å². The third kappa shape index (κ3) is 5.80. The molecule has 3 heteroatoms. The van der Waals surface area contributed by atoms with E-state index in [4.69, 9.17) is 4.42 Å². The Kier molecular flexibility index (Phi) is 8.04. The molecule has 0 radical (unpaired) electrons. The molecule has 2 aromatic heterocycles. The van der Waals surface area contributed by atoms with E-state index in [1.807, 2.05) is 23.5 Å². The van der Waals surface area contributed by atoms with Crippen LogP contribution >= 0.6 is 11.3 Å². The second kappa shape index (κ2) is 13.8. The number of thiophene rings is 1. The van der Waals surface area contributed by atoms with Gasteiger partial charge in [-0.05, 0) is 99.1 Å². The van der Waals surface area contributed by atoms with Crippen LogP contribution in [0.2, 0.25) is 0 Å². The molecule has 57 heavy (non-hydrogen) atoms. The van der Waals surface area contributed by atoms with E-state index < -0.39 is 0 Å². The van der Waals surface area contributed by atoms with E-state index in [1.165, 1.54) is 53.6 Å². The first-order valence-electron chi connectivity index (χ1n) is 19.3. The number of para-hydroxylation sites is 1. The van der Waals surface area contributed by atoms with Crippen molar-refractivity contribution in [2.75, 3.05) is 4.90 Å². The largest absolute Gasteiger partial charge is 0.456 e. The Labute approximate surface area is 335 Å². The summed E-state index contributed by atoms with van der Waals surface area (Å²) in [7, 11) is 0. The van der Waals surface area contributed by atoms with E-state index in [2.05, 4.69) is 205 Å². The molecule has 0 N–H and O–H groups in total. The van der Waals surface area contributed by atoms with Crippen molar-refractivity contribution in [2.24, 2.45) is 0 Å². The van der Waals surface area contributed by atoms with Gasteiger partial charge in [0.15, 0.2) is 0 Å². The van der Waals surface area contributed by atoms with E-state index in [-0.39, 0.29) is 0 Å². The van der Waals surface area contributed by atoms with Crippen LogP contribution in [0.4, 0.5) is 17.1 Å². The molecular formula is C54H35NOS. The molecule has 268 valence electrons. The van der Waals surface area contributed by atoms with Gasteiger partial charge in [-0.15, -0.1) is 11.3 Å². The lowest BCUT2D eigenvalue weighted by atomic mass is 9.93. The number of furan rings is 1. The Morgan fingerprint density at radius 2 is 0.895 bits per heavy atom. The van der Waals surface area contributed by atoms with Crippen molar-refractivity contribution < 1.29 is 4.42 Å². The highest BCUT2D eigenvalue weighted by molar-refractivity contribution is 7.26. The molecule has 0 spiro atoms. The Morgan fingerprint density at radius 3 is 1.65 bits per heavy atom. The van der Waals surface area contributed by atoms with Gasteiger partial charge in [-0.25, -0.2) is 0 Å². The zero-order valence-electron chi connectivity index (χ0n) is 31.0. The van der Waals surface area contributed by atoms with Crippen LogP contribution in [0, 0.1) is 0 Å². The monoisotopic (exact) mass is 745 g/mol. The highest BCUT2D eigenvalue weighted by atomic mass is 32.1. The van der Waals surface area contributed by atoms with Crippen molar-refractivity contribution in [1.82, 2.24) is 0 Å². The Morgan fingerprint density at radius 1 is 0.333 bits per heavy atom. The first-order chi connectivity index (χ1) is 28.3. The van der Waals surface area contributed by atoms with Crippen LogP contribution < -0.4 is 4.90 Å². The van der Waals surface area contributed by atoms with Gasteiger partial charge in [0.1, 0.15) is 11.2 Å².